The minimum atomic E-state index is -4.96. The van der Waals surface area contributed by atoms with E-state index in [1.807, 2.05) is 0 Å². The van der Waals surface area contributed by atoms with Crippen LogP contribution in [-0.4, -0.2) is 96.7 Å². The highest BCUT2D eigenvalue weighted by molar-refractivity contribution is 7.47. The SMILES string of the molecule is CCCCCCCCCCCCCCCCCCCC(=O)OC[C@H](COP(=O)(O)OC[C@@H](O)COP(=O)(O)OC[C@@H](COC(=O)CCCCCCCCCC)OC(=O)CCCCCCCCCCCCCCCCCCC)OC(=O)CCCCCCCCCCCCCCCCCCCCC(C)C. The first kappa shape index (κ1) is 101. The molecule has 0 heterocycles. The molecule has 0 aromatic carbocycles. The summed E-state index contributed by atoms with van der Waals surface area (Å²) in [5, 5.41) is 10.7. The third kappa shape index (κ3) is 78.0. The Labute approximate surface area is 632 Å². The zero-order valence-electron chi connectivity index (χ0n) is 67.5. The van der Waals surface area contributed by atoms with E-state index in [9.17, 15) is 43.2 Å². The molecule has 0 aromatic heterocycles. The van der Waals surface area contributed by atoms with Crippen molar-refractivity contribution >= 4 is 39.5 Å². The van der Waals surface area contributed by atoms with Crippen molar-refractivity contribution in [1.29, 1.82) is 0 Å². The first-order chi connectivity index (χ1) is 50.0. The van der Waals surface area contributed by atoms with Crippen LogP contribution in [0, 0.1) is 5.92 Å². The van der Waals surface area contributed by atoms with Crippen molar-refractivity contribution in [1.82, 2.24) is 0 Å². The smallest absolute Gasteiger partial charge is 0.462 e. The van der Waals surface area contributed by atoms with Crippen LogP contribution in [0.1, 0.15) is 452 Å². The molecule has 0 spiro atoms. The van der Waals surface area contributed by atoms with Gasteiger partial charge in [-0.05, 0) is 31.6 Å². The number of hydrogen-bond donors (Lipinski definition) is 3. The monoisotopic (exact) mass is 1510 g/mol. The van der Waals surface area contributed by atoms with Crippen molar-refractivity contribution in [3.8, 4) is 0 Å². The molecule has 5 atom stereocenters. The molecule has 2 unspecified atom stereocenters. The second kappa shape index (κ2) is 76.8. The van der Waals surface area contributed by atoms with Gasteiger partial charge in [0.15, 0.2) is 12.2 Å². The summed E-state index contributed by atoms with van der Waals surface area (Å²) in [6.45, 7) is 7.37. The van der Waals surface area contributed by atoms with Crippen LogP contribution in [0.25, 0.3) is 0 Å². The van der Waals surface area contributed by atoms with Crippen LogP contribution in [0.2, 0.25) is 0 Å². The van der Waals surface area contributed by atoms with E-state index in [4.69, 9.17) is 37.0 Å². The maximum Gasteiger partial charge on any atom is 0.472 e. The predicted molar refractivity (Wildman–Crippen MR) is 423 cm³/mol. The molecule has 3 N–H and O–H groups in total. The molecule has 0 fully saturated rings. The Morgan fingerprint density at radius 3 is 0.660 bits per heavy atom. The van der Waals surface area contributed by atoms with E-state index in [-0.39, 0.29) is 25.7 Å². The number of phosphoric ester groups is 2. The lowest BCUT2D eigenvalue weighted by molar-refractivity contribution is -0.161. The summed E-state index contributed by atoms with van der Waals surface area (Å²) in [6, 6.07) is 0. The summed E-state index contributed by atoms with van der Waals surface area (Å²) in [6.07, 6.45) is 69.5. The van der Waals surface area contributed by atoms with E-state index in [0.29, 0.717) is 25.7 Å². The molecule has 0 aliphatic rings. The number of ether oxygens (including phenoxy) is 4. The number of unbranched alkanes of at least 4 members (excludes halogenated alkanes) is 56. The van der Waals surface area contributed by atoms with Gasteiger partial charge >= 0.3 is 39.5 Å². The highest BCUT2D eigenvalue weighted by atomic mass is 31.2. The molecular formula is C84H164O17P2. The van der Waals surface area contributed by atoms with Crippen molar-refractivity contribution in [2.24, 2.45) is 5.92 Å². The molecule has 103 heavy (non-hydrogen) atoms. The maximum absolute atomic E-state index is 13.1. The molecule has 0 amide bonds. The first-order valence-electron chi connectivity index (χ1n) is 43.6. The van der Waals surface area contributed by atoms with Crippen molar-refractivity contribution < 1.29 is 80.2 Å². The molecule has 612 valence electrons. The predicted octanol–water partition coefficient (Wildman–Crippen LogP) is 25.6. The number of carbonyl (C=O) groups excluding carboxylic acids is 4. The third-order valence-electron chi connectivity index (χ3n) is 19.8. The summed E-state index contributed by atoms with van der Waals surface area (Å²) in [5.74, 6) is -1.28. The number of rotatable bonds is 84. The molecule has 0 rings (SSSR count). The summed E-state index contributed by atoms with van der Waals surface area (Å²) in [7, 11) is -9.92. The van der Waals surface area contributed by atoms with Crippen LogP contribution in [0.3, 0.4) is 0 Å². The van der Waals surface area contributed by atoms with Crippen LogP contribution in [-0.2, 0) is 65.4 Å². The molecule has 0 radical (unpaired) electrons. The molecule has 0 saturated heterocycles. The number of carbonyl (C=O) groups is 4. The van der Waals surface area contributed by atoms with Gasteiger partial charge in [0.2, 0.25) is 0 Å². The molecule has 0 saturated carbocycles. The van der Waals surface area contributed by atoms with Gasteiger partial charge in [0.25, 0.3) is 0 Å². The highest BCUT2D eigenvalue weighted by Gasteiger charge is 2.30. The van der Waals surface area contributed by atoms with Gasteiger partial charge in [-0.1, -0.05) is 401 Å². The Kier molecular flexibility index (Phi) is 75.4. The molecule has 17 nitrogen and oxygen atoms in total. The molecule has 19 heteroatoms. The van der Waals surface area contributed by atoms with Crippen LogP contribution in [0.15, 0.2) is 0 Å². The fourth-order valence-corrected chi connectivity index (χ4v) is 14.7. The zero-order chi connectivity index (χ0) is 75.5. The summed E-state index contributed by atoms with van der Waals surface area (Å²) in [4.78, 5) is 73.0. The quantitative estimate of drug-likeness (QED) is 0.0222. The third-order valence-corrected chi connectivity index (χ3v) is 21.7. The van der Waals surface area contributed by atoms with Crippen LogP contribution in [0.4, 0.5) is 0 Å². The number of esters is 4. The Balaban J connectivity index is 5.18. The molecule has 0 aromatic rings. The lowest BCUT2D eigenvalue weighted by Gasteiger charge is -2.21. The van der Waals surface area contributed by atoms with E-state index in [0.717, 1.165) is 95.8 Å². The minimum Gasteiger partial charge on any atom is -0.462 e. The van der Waals surface area contributed by atoms with E-state index in [1.54, 1.807) is 0 Å². The summed E-state index contributed by atoms with van der Waals surface area (Å²) < 4.78 is 68.8. The Morgan fingerprint density at radius 1 is 0.262 bits per heavy atom. The topological polar surface area (TPSA) is 237 Å². The van der Waals surface area contributed by atoms with Crippen molar-refractivity contribution in [3.63, 3.8) is 0 Å². The van der Waals surface area contributed by atoms with Gasteiger partial charge in [0.1, 0.15) is 19.3 Å². The molecule has 0 bridgehead atoms. The number of hydrogen-bond acceptors (Lipinski definition) is 15. The van der Waals surface area contributed by atoms with Gasteiger partial charge in [-0.2, -0.15) is 0 Å². The van der Waals surface area contributed by atoms with Crippen molar-refractivity contribution in [2.45, 2.75) is 470 Å². The second-order valence-electron chi connectivity index (χ2n) is 30.7. The zero-order valence-corrected chi connectivity index (χ0v) is 69.3. The number of phosphoric acid groups is 2. The Hall–Kier alpha value is -1.94. The lowest BCUT2D eigenvalue weighted by Crippen LogP contribution is -2.30. The van der Waals surface area contributed by atoms with Crippen LogP contribution >= 0.6 is 15.6 Å². The van der Waals surface area contributed by atoms with Gasteiger partial charge in [0, 0.05) is 25.7 Å². The van der Waals surface area contributed by atoms with Crippen LogP contribution < -0.4 is 0 Å². The first-order valence-corrected chi connectivity index (χ1v) is 46.6. The second-order valence-corrected chi connectivity index (χ2v) is 33.6. The van der Waals surface area contributed by atoms with E-state index in [1.165, 1.54) is 276 Å². The van der Waals surface area contributed by atoms with Gasteiger partial charge in [-0.15, -0.1) is 0 Å². The maximum atomic E-state index is 13.1. The lowest BCUT2D eigenvalue weighted by atomic mass is 10.0. The largest absolute Gasteiger partial charge is 0.472 e. The van der Waals surface area contributed by atoms with E-state index >= 15 is 0 Å². The number of aliphatic hydroxyl groups is 1. The van der Waals surface area contributed by atoms with Crippen molar-refractivity contribution in [2.75, 3.05) is 39.6 Å². The summed E-state index contributed by atoms with van der Waals surface area (Å²) >= 11 is 0. The molecular weight excluding hydrogens is 1340 g/mol. The Bertz CT molecular complexity index is 1960. The fraction of sp³-hybridized carbons (Fsp3) is 0.952. The van der Waals surface area contributed by atoms with Gasteiger partial charge in [-0.25, -0.2) is 9.13 Å². The average molecular weight is 1510 g/mol. The molecule has 0 aliphatic carbocycles. The number of aliphatic hydroxyl groups excluding tert-OH is 1. The standard InChI is InChI=1S/C84H164O17P2/c1-6-9-12-15-18-21-23-25-27-31-36-40-44-48-53-58-63-68-82(87)95-74-80(101-84(89)70-65-60-55-50-46-42-38-34-30-29-33-35-39-43-47-51-56-61-66-77(4)5)76-99-103(92,93)97-72-78(85)71-96-102(90,91)98-75-79(73-94-81(86)67-62-57-52-20-17-14-11-8-3)100-83(88)69-64-59-54-49-45-41-37-32-28-26-24-22-19-16-13-10-7-2/h77-80,85H,6-76H2,1-5H3,(H,90,91)(H,92,93)/t78-,79+,80+/m0/s1. The normalized spacial score (nSPS) is 13.8. The van der Waals surface area contributed by atoms with Crippen LogP contribution in [0.5, 0.6) is 0 Å². The van der Waals surface area contributed by atoms with E-state index in [2.05, 4.69) is 34.6 Å². The average Bonchev–Trinajstić information content (AvgIpc) is 0.911. The van der Waals surface area contributed by atoms with Gasteiger partial charge < -0.3 is 33.8 Å². The molecule has 0 aliphatic heterocycles. The van der Waals surface area contributed by atoms with Gasteiger partial charge in [-0.3, -0.25) is 37.3 Å². The van der Waals surface area contributed by atoms with Crippen molar-refractivity contribution in [3.05, 3.63) is 0 Å². The fourth-order valence-electron chi connectivity index (χ4n) is 13.1. The summed E-state index contributed by atoms with van der Waals surface area (Å²) in [5.41, 5.74) is 0. The highest BCUT2D eigenvalue weighted by Crippen LogP contribution is 2.45. The van der Waals surface area contributed by atoms with E-state index < -0.39 is 97.5 Å². The Morgan fingerprint density at radius 2 is 0.447 bits per heavy atom. The minimum absolute atomic E-state index is 0.109. The van der Waals surface area contributed by atoms with Gasteiger partial charge in [0.05, 0.1) is 26.4 Å².